The number of rotatable bonds is 0. The van der Waals surface area contributed by atoms with E-state index in [0.717, 1.165) is 6.54 Å². The quantitative estimate of drug-likeness (QED) is 0.658. The molecule has 0 aliphatic carbocycles. The highest BCUT2D eigenvalue weighted by atomic mass is 14.9. The molecule has 0 saturated heterocycles. The largest absolute Gasteiger partial charge is 0.380 e. The highest BCUT2D eigenvalue weighted by Gasteiger charge is 2.11. The lowest BCUT2D eigenvalue weighted by Gasteiger charge is -1.98. The van der Waals surface area contributed by atoms with Crippen LogP contribution in [0.1, 0.15) is 19.4 Å². The summed E-state index contributed by atoms with van der Waals surface area (Å²) >= 11 is 0. The number of benzene rings is 2. The van der Waals surface area contributed by atoms with Crippen molar-refractivity contribution in [3.63, 3.8) is 0 Å². The minimum Gasteiger partial charge on any atom is -0.380 e. The van der Waals surface area contributed by atoms with Crippen molar-refractivity contribution in [1.29, 1.82) is 0 Å². The van der Waals surface area contributed by atoms with Crippen LogP contribution < -0.4 is 5.32 Å². The predicted octanol–water partition coefficient (Wildman–Crippen LogP) is 3.79. The summed E-state index contributed by atoms with van der Waals surface area (Å²) in [7, 11) is 0. The van der Waals surface area contributed by atoms with Crippen LogP contribution in [0, 0.1) is 0 Å². The molecule has 0 atom stereocenters. The van der Waals surface area contributed by atoms with Crippen LogP contribution in [0.3, 0.4) is 0 Å². The van der Waals surface area contributed by atoms with E-state index < -0.39 is 0 Å². The average Bonchev–Trinajstić information content (AvgIpc) is 2.68. The van der Waals surface area contributed by atoms with E-state index in [-0.39, 0.29) is 0 Å². The Morgan fingerprint density at radius 2 is 1.71 bits per heavy atom. The third-order valence-corrected chi connectivity index (χ3v) is 2.46. The van der Waals surface area contributed by atoms with E-state index in [0.29, 0.717) is 0 Å². The van der Waals surface area contributed by atoms with Gasteiger partial charge >= 0.3 is 0 Å². The first-order chi connectivity index (χ1) is 6.95. The zero-order valence-electron chi connectivity index (χ0n) is 8.67. The Balaban J connectivity index is 0.000000354. The lowest BCUT2D eigenvalue weighted by atomic mass is 10.1. The lowest BCUT2D eigenvalue weighted by Crippen LogP contribution is -1.87. The molecule has 3 rings (SSSR count). The number of hydrogen-bond donors (Lipinski definition) is 1. The smallest absolute Gasteiger partial charge is 0.0426 e. The van der Waals surface area contributed by atoms with E-state index in [4.69, 9.17) is 0 Å². The Kier molecular flexibility index (Phi) is 2.40. The fourth-order valence-electron chi connectivity index (χ4n) is 1.90. The number of hydrogen-bond acceptors (Lipinski definition) is 1. The SMILES string of the molecule is CC.c1cc2c3c(cccc3c1)NC2. The van der Waals surface area contributed by atoms with Crippen LogP contribution in [0.25, 0.3) is 10.8 Å². The van der Waals surface area contributed by atoms with Crippen molar-refractivity contribution < 1.29 is 0 Å². The van der Waals surface area contributed by atoms with E-state index in [1.165, 1.54) is 22.0 Å². The van der Waals surface area contributed by atoms with E-state index in [1.54, 1.807) is 0 Å². The molecule has 0 amide bonds. The summed E-state index contributed by atoms with van der Waals surface area (Å²) in [6.45, 7) is 4.98. The van der Waals surface area contributed by atoms with Crippen molar-refractivity contribution in [3.05, 3.63) is 42.0 Å². The first-order valence-corrected chi connectivity index (χ1v) is 5.20. The molecule has 0 unspecified atom stereocenters. The first-order valence-electron chi connectivity index (χ1n) is 5.20. The van der Waals surface area contributed by atoms with Crippen molar-refractivity contribution in [3.8, 4) is 0 Å². The highest BCUT2D eigenvalue weighted by Crippen LogP contribution is 2.32. The molecule has 0 radical (unpaired) electrons. The topological polar surface area (TPSA) is 12.0 Å². The summed E-state index contributed by atoms with van der Waals surface area (Å²) < 4.78 is 0. The van der Waals surface area contributed by atoms with Gasteiger partial charge in [-0.25, -0.2) is 0 Å². The second kappa shape index (κ2) is 3.70. The molecule has 14 heavy (non-hydrogen) atoms. The van der Waals surface area contributed by atoms with Crippen molar-refractivity contribution in [1.82, 2.24) is 0 Å². The molecule has 1 aliphatic heterocycles. The van der Waals surface area contributed by atoms with Crippen LogP contribution in [-0.2, 0) is 6.54 Å². The molecule has 0 spiro atoms. The van der Waals surface area contributed by atoms with Crippen LogP contribution in [0.15, 0.2) is 36.4 Å². The first kappa shape index (κ1) is 9.07. The van der Waals surface area contributed by atoms with Gasteiger partial charge in [-0.1, -0.05) is 44.2 Å². The molecule has 1 aliphatic rings. The van der Waals surface area contributed by atoms with Gasteiger partial charge in [-0.15, -0.1) is 0 Å². The van der Waals surface area contributed by atoms with Gasteiger partial charge in [0.2, 0.25) is 0 Å². The summed E-state index contributed by atoms with van der Waals surface area (Å²) in [5.41, 5.74) is 2.70. The third kappa shape index (κ3) is 1.25. The molecule has 0 saturated carbocycles. The van der Waals surface area contributed by atoms with Crippen molar-refractivity contribution in [2.45, 2.75) is 20.4 Å². The summed E-state index contributed by atoms with van der Waals surface area (Å²) in [6, 6.07) is 12.9. The molecule has 2 aromatic rings. The minimum atomic E-state index is 0.983. The molecule has 1 N–H and O–H groups in total. The zero-order chi connectivity index (χ0) is 9.97. The van der Waals surface area contributed by atoms with E-state index in [9.17, 15) is 0 Å². The molecule has 0 fully saturated rings. The van der Waals surface area contributed by atoms with Crippen molar-refractivity contribution in [2.75, 3.05) is 5.32 Å². The highest BCUT2D eigenvalue weighted by molar-refractivity contribution is 5.98. The van der Waals surface area contributed by atoms with Gasteiger partial charge in [0.25, 0.3) is 0 Å². The van der Waals surface area contributed by atoms with E-state index >= 15 is 0 Å². The van der Waals surface area contributed by atoms with Crippen molar-refractivity contribution in [2.24, 2.45) is 0 Å². The van der Waals surface area contributed by atoms with Gasteiger partial charge in [0.05, 0.1) is 0 Å². The third-order valence-electron chi connectivity index (χ3n) is 2.46. The average molecular weight is 185 g/mol. The molecular weight excluding hydrogens is 170 g/mol. The molecule has 2 aromatic carbocycles. The van der Waals surface area contributed by atoms with Crippen LogP contribution in [0.4, 0.5) is 5.69 Å². The van der Waals surface area contributed by atoms with Gasteiger partial charge < -0.3 is 5.32 Å². The maximum absolute atomic E-state index is 3.37. The molecule has 1 heterocycles. The summed E-state index contributed by atoms with van der Waals surface area (Å²) in [5.74, 6) is 0. The minimum absolute atomic E-state index is 0.983. The number of nitrogens with one attached hydrogen (secondary N) is 1. The zero-order valence-corrected chi connectivity index (χ0v) is 8.67. The molecule has 72 valence electrons. The molecule has 1 heteroatoms. The Labute approximate surface area is 84.8 Å². The van der Waals surface area contributed by atoms with Gasteiger partial charge in [-0.2, -0.15) is 0 Å². The van der Waals surface area contributed by atoms with Gasteiger partial charge in [0.1, 0.15) is 0 Å². The fraction of sp³-hybridized carbons (Fsp3) is 0.231. The van der Waals surface area contributed by atoms with Gasteiger partial charge in [0, 0.05) is 17.6 Å². The van der Waals surface area contributed by atoms with Gasteiger partial charge in [0.15, 0.2) is 0 Å². The Morgan fingerprint density at radius 1 is 1.00 bits per heavy atom. The molecule has 0 aromatic heterocycles. The fourth-order valence-corrected chi connectivity index (χ4v) is 1.90. The van der Waals surface area contributed by atoms with Crippen LogP contribution in [0.5, 0.6) is 0 Å². The lowest BCUT2D eigenvalue weighted by molar-refractivity contribution is 1.22. The Bertz CT molecular complexity index is 407. The van der Waals surface area contributed by atoms with E-state index in [2.05, 4.69) is 41.7 Å². The van der Waals surface area contributed by atoms with Gasteiger partial charge in [-0.3, -0.25) is 0 Å². The maximum atomic E-state index is 3.37. The molecular formula is C13H15N. The molecule has 1 nitrogen and oxygen atoms in total. The number of anilines is 1. The second-order valence-electron chi connectivity index (χ2n) is 3.17. The monoisotopic (exact) mass is 185 g/mol. The van der Waals surface area contributed by atoms with Crippen LogP contribution >= 0.6 is 0 Å². The molecule has 0 bridgehead atoms. The Hall–Kier alpha value is -1.50. The van der Waals surface area contributed by atoms with Crippen LogP contribution in [0.2, 0.25) is 0 Å². The summed E-state index contributed by atoms with van der Waals surface area (Å²) in [6.07, 6.45) is 0. The second-order valence-corrected chi connectivity index (χ2v) is 3.17. The predicted molar refractivity (Wildman–Crippen MR) is 62.6 cm³/mol. The summed E-state index contributed by atoms with van der Waals surface area (Å²) in [5, 5.41) is 6.12. The van der Waals surface area contributed by atoms with Crippen molar-refractivity contribution >= 4 is 16.5 Å². The standard InChI is InChI=1S/C11H9N.C2H6/c1-3-8-4-2-6-10-11(8)9(5-1)7-12-10;1-2/h1-6,12H,7H2;1-2H3. The maximum Gasteiger partial charge on any atom is 0.0426 e. The normalized spacial score (nSPS) is 11.9. The summed E-state index contributed by atoms with van der Waals surface area (Å²) in [4.78, 5) is 0. The van der Waals surface area contributed by atoms with E-state index in [1.807, 2.05) is 13.8 Å². The van der Waals surface area contributed by atoms with Crippen LogP contribution in [-0.4, -0.2) is 0 Å². The Morgan fingerprint density at radius 3 is 2.50 bits per heavy atom. The van der Waals surface area contributed by atoms with Gasteiger partial charge in [-0.05, 0) is 17.0 Å².